The Morgan fingerprint density at radius 1 is 1.25 bits per heavy atom. The second-order valence-electron chi connectivity index (χ2n) is 7.84. The molecule has 0 saturated carbocycles. The number of aliphatic hydroxyl groups excluding tert-OH is 1. The Bertz CT molecular complexity index is 677. The summed E-state index contributed by atoms with van der Waals surface area (Å²) in [5.41, 5.74) is 0.551. The number of ether oxygens (including phenoxy) is 1. The predicted octanol–water partition coefficient (Wildman–Crippen LogP) is 1.35. The van der Waals surface area contributed by atoms with E-state index in [2.05, 4.69) is 28.1 Å². The lowest BCUT2D eigenvalue weighted by atomic mass is 10.0. The van der Waals surface area contributed by atoms with Crippen LogP contribution in [0.25, 0.3) is 0 Å². The first-order valence-corrected chi connectivity index (χ1v) is 10.1. The minimum absolute atomic E-state index is 0.169. The third-order valence-corrected chi connectivity index (χ3v) is 5.80. The molecule has 3 rings (SSSR count). The number of amides is 1. The van der Waals surface area contributed by atoms with Crippen molar-refractivity contribution in [1.29, 1.82) is 0 Å². The van der Waals surface area contributed by atoms with Gasteiger partial charge in [0.15, 0.2) is 0 Å². The van der Waals surface area contributed by atoms with Gasteiger partial charge in [-0.2, -0.15) is 0 Å². The highest BCUT2D eigenvalue weighted by Gasteiger charge is 2.31. The second kappa shape index (κ2) is 9.92. The first-order chi connectivity index (χ1) is 13.6. The first-order valence-electron chi connectivity index (χ1n) is 10.1. The van der Waals surface area contributed by atoms with E-state index in [1.165, 1.54) is 0 Å². The quantitative estimate of drug-likeness (QED) is 0.749. The Morgan fingerprint density at radius 3 is 2.64 bits per heavy atom. The molecular formula is C22H31N3O3. The molecule has 0 radical (unpaired) electrons. The average Bonchev–Trinajstić information content (AvgIpc) is 2.89. The van der Waals surface area contributed by atoms with Crippen molar-refractivity contribution in [2.24, 2.45) is 0 Å². The van der Waals surface area contributed by atoms with E-state index in [1.807, 2.05) is 0 Å². The van der Waals surface area contributed by atoms with Gasteiger partial charge in [-0.1, -0.05) is 5.92 Å². The summed E-state index contributed by atoms with van der Waals surface area (Å²) in [7, 11) is 2.16. The van der Waals surface area contributed by atoms with Gasteiger partial charge >= 0.3 is 0 Å². The molecular weight excluding hydrogens is 354 g/mol. The van der Waals surface area contributed by atoms with Crippen LogP contribution in [0.2, 0.25) is 0 Å². The van der Waals surface area contributed by atoms with Gasteiger partial charge in [-0.25, -0.2) is 0 Å². The van der Waals surface area contributed by atoms with Crippen LogP contribution in [0.4, 0.5) is 0 Å². The molecule has 6 nitrogen and oxygen atoms in total. The largest absolute Gasteiger partial charge is 0.481 e. The van der Waals surface area contributed by atoms with Crippen molar-refractivity contribution in [3.05, 3.63) is 29.8 Å². The number of terminal acetylenes is 1. The Hall–Kier alpha value is -2.07. The minimum atomic E-state index is -0.515. The van der Waals surface area contributed by atoms with Gasteiger partial charge in [-0.3, -0.25) is 9.69 Å². The van der Waals surface area contributed by atoms with E-state index >= 15 is 0 Å². The van der Waals surface area contributed by atoms with Crippen LogP contribution >= 0.6 is 0 Å². The van der Waals surface area contributed by atoms with E-state index in [9.17, 15) is 9.90 Å². The minimum Gasteiger partial charge on any atom is -0.481 e. The van der Waals surface area contributed by atoms with Gasteiger partial charge in [0.2, 0.25) is 0 Å². The van der Waals surface area contributed by atoms with Crippen LogP contribution < -0.4 is 10.1 Å². The molecule has 0 spiro atoms. The van der Waals surface area contributed by atoms with Crippen molar-refractivity contribution in [2.75, 3.05) is 39.8 Å². The van der Waals surface area contributed by atoms with E-state index in [1.54, 1.807) is 24.3 Å². The molecule has 2 aliphatic rings. The van der Waals surface area contributed by atoms with E-state index in [-0.39, 0.29) is 18.6 Å². The fourth-order valence-electron chi connectivity index (χ4n) is 4.08. The molecule has 0 unspecified atom stereocenters. The fourth-order valence-corrected chi connectivity index (χ4v) is 4.08. The molecule has 2 fully saturated rings. The number of carbonyl (C=O) groups excluding carboxylic acids is 1. The monoisotopic (exact) mass is 385 g/mol. The van der Waals surface area contributed by atoms with Crippen molar-refractivity contribution in [3.8, 4) is 18.1 Å². The lowest BCUT2D eigenvalue weighted by Crippen LogP contribution is -2.52. The van der Waals surface area contributed by atoms with Gasteiger partial charge in [-0.05, 0) is 76.6 Å². The lowest BCUT2D eigenvalue weighted by molar-refractivity contribution is 0.0723. The van der Waals surface area contributed by atoms with Crippen molar-refractivity contribution < 1.29 is 14.6 Å². The van der Waals surface area contributed by atoms with Gasteiger partial charge in [-0.15, -0.1) is 6.42 Å². The van der Waals surface area contributed by atoms with Crippen LogP contribution in [-0.4, -0.2) is 78.8 Å². The Morgan fingerprint density at radius 2 is 1.96 bits per heavy atom. The Labute approximate surface area is 167 Å². The number of piperidine rings is 1. The van der Waals surface area contributed by atoms with E-state index in [4.69, 9.17) is 11.2 Å². The van der Waals surface area contributed by atoms with E-state index in [0.717, 1.165) is 38.9 Å². The average molecular weight is 386 g/mol. The number of nitrogens with one attached hydrogen (secondary N) is 1. The summed E-state index contributed by atoms with van der Waals surface area (Å²) in [5, 5.41) is 13.6. The maximum Gasteiger partial charge on any atom is 0.251 e. The van der Waals surface area contributed by atoms with Gasteiger partial charge in [0.1, 0.15) is 12.4 Å². The topological polar surface area (TPSA) is 65.0 Å². The van der Waals surface area contributed by atoms with Crippen molar-refractivity contribution in [1.82, 2.24) is 15.1 Å². The zero-order chi connectivity index (χ0) is 19.9. The molecule has 0 aliphatic carbocycles. The summed E-state index contributed by atoms with van der Waals surface area (Å²) < 4.78 is 5.34. The molecule has 1 amide bonds. The Kier molecular flexibility index (Phi) is 7.32. The van der Waals surface area contributed by atoms with Crippen LogP contribution in [0, 0.1) is 12.3 Å². The van der Waals surface area contributed by atoms with Gasteiger partial charge < -0.3 is 20.1 Å². The first kappa shape index (κ1) is 20.7. The number of rotatable bonds is 5. The molecule has 2 heterocycles. The summed E-state index contributed by atoms with van der Waals surface area (Å²) in [4.78, 5) is 17.5. The van der Waals surface area contributed by atoms with E-state index < -0.39 is 6.10 Å². The second-order valence-corrected chi connectivity index (χ2v) is 7.84. The SMILES string of the molecule is C#CCOc1ccc(C(=O)N[C@@H]2CN(C3CCN(C)CC3)CCC[C@H]2O)cc1. The van der Waals surface area contributed by atoms with Gasteiger partial charge in [0.05, 0.1) is 12.1 Å². The fraction of sp³-hybridized carbons (Fsp3) is 0.591. The zero-order valence-electron chi connectivity index (χ0n) is 16.6. The molecule has 6 heteroatoms. The molecule has 1 aromatic carbocycles. The van der Waals surface area contributed by atoms with Gasteiger partial charge in [0, 0.05) is 18.2 Å². The highest BCUT2D eigenvalue weighted by molar-refractivity contribution is 5.94. The number of benzene rings is 1. The third kappa shape index (κ3) is 5.48. The normalized spacial score (nSPS) is 24.9. The molecule has 0 aromatic heterocycles. The standard InChI is InChI=1S/C22H31N3O3/c1-3-15-28-19-8-6-17(7-9-19)22(27)23-20-16-25(12-4-5-21(20)26)18-10-13-24(2)14-11-18/h1,6-9,18,20-21,26H,4-5,10-16H2,2H3,(H,23,27)/t20-,21-/m1/s1. The molecule has 2 atom stereocenters. The van der Waals surface area contributed by atoms with Crippen molar-refractivity contribution in [2.45, 2.75) is 43.9 Å². The molecule has 2 aliphatic heterocycles. The summed E-state index contributed by atoms with van der Waals surface area (Å²) >= 11 is 0. The third-order valence-electron chi connectivity index (χ3n) is 5.80. The van der Waals surface area contributed by atoms with Crippen molar-refractivity contribution >= 4 is 5.91 Å². The molecule has 1 aromatic rings. The number of likely N-dealkylation sites (tertiary alicyclic amines) is 2. The summed E-state index contributed by atoms with van der Waals surface area (Å²) in [6.45, 7) is 4.10. The maximum absolute atomic E-state index is 12.7. The number of hydrogen-bond donors (Lipinski definition) is 2. The van der Waals surface area contributed by atoms with E-state index in [0.29, 0.717) is 30.3 Å². The highest BCUT2D eigenvalue weighted by Crippen LogP contribution is 2.21. The summed E-state index contributed by atoms with van der Waals surface area (Å²) in [5.74, 6) is 2.88. The molecule has 152 valence electrons. The number of aliphatic hydroxyl groups is 1. The Balaban J connectivity index is 1.60. The number of nitrogens with zero attached hydrogens (tertiary/aromatic N) is 2. The van der Waals surface area contributed by atoms with Crippen LogP contribution in [-0.2, 0) is 0 Å². The highest BCUT2D eigenvalue weighted by atomic mass is 16.5. The molecule has 0 bridgehead atoms. The lowest BCUT2D eigenvalue weighted by Gasteiger charge is -2.38. The van der Waals surface area contributed by atoms with Crippen LogP contribution in [0.3, 0.4) is 0 Å². The number of carbonyl (C=O) groups is 1. The summed E-state index contributed by atoms with van der Waals surface area (Å²) in [6, 6.07) is 7.19. The van der Waals surface area contributed by atoms with Crippen LogP contribution in [0.15, 0.2) is 24.3 Å². The van der Waals surface area contributed by atoms with Crippen LogP contribution in [0.1, 0.15) is 36.0 Å². The number of hydrogen-bond acceptors (Lipinski definition) is 5. The smallest absolute Gasteiger partial charge is 0.251 e. The van der Waals surface area contributed by atoms with Crippen molar-refractivity contribution in [3.63, 3.8) is 0 Å². The molecule has 28 heavy (non-hydrogen) atoms. The molecule has 2 N–H and O–H groups in total. The van der Waals surface area contributed by atoms with Gasteiger partial charge in [0.25, 0.3) is 5.91 Å². The van der Waals surface area contributed by atoms with Crippen LogP contribution in [0.5, 0.6) is 5.75 Å². The zero-order valence-corrected chi connectivity index (χ0v) is 16.6. The predicted molar refractivity (Wildman–Crippen MR) is 109 cm³/mol. The maximum atomic E-state index is 12.7. The molecule has 2 saturated heterocycles. The summed E-state index contributed by atoms with van der Waals surface area (Å²) in [6.07, 6.45) is 8.64.